The summed E-state index contributed by atoms with van der Waals surface area (Å²) in [6, 6.07) is 7.06. The number of nitrogens with zero attached hydrogens (tertiary/aromatic N) is 1. The Labute approximate surface area is 168 Å². The number of carboxylic acid groups (broad SMARTS) is 1. The fourth-order valence-electron chi connectivity index (χ4n) is 2.70. The number of aromatic amines is 1. The van der Waals surface area contributed by atoms with Gasteiger partial charge in [-0.1, -0.05) is 44.2 Å². The van der Waals surface area contributed by atoms with Crippen LogP contribution in [0.25, 0.3) is 0 Å². The van der Waals surface area contributed by atoms with Gasteiger partial charge in [-0.15, -0.1) is 0 Å². The molecule has 1 heterocycles. The SMILES string of the molecule is CC(C)CC(NC(=O)C(Cc1cnc[nH]1)NC(=O)OCc1ccccc1)C(=O)O. The monoisotopic (exact) mass is 402 g/mol. The first-order valence-corrected chi connectivity index (χ1v) is 9.32. The molecule has 0 spiro atoms. The highest BCUT2D eigenvalue weighted by Crippen LogP contribution is 2.07. The van der Waals surface area contributed by atoms with Gasteiger partial charge in [-0.3, -0.25) is 4.79 Å². The predicted molar refractivity (Wildman–Crippen MR) is 105 cm³/mol. The highest BCUT2D eigenvalue weighted by molar-refractivity contribution is 5.89. The lowest BCUT2D eigenvalue weighted by Gasteiger charge is -2.22. The van der Waals surface area contributed by atoms with E-state index in [1.54, 1.807) is 0 Å². The van der Waals surface area contributed by atoms with Crippen LogP contribution in [0.15, 0.2) is 42.9 Å². The Kier molecular flexibility index (Phi) is 8.20. The average Bonchev–Trinajstić information content (AvgIpc) is 3.19. The van der Waals surface area contributed by atoms with Crippen LogP contribution < -0.4 is 10.6 Å². The molecule has 0 aliphatic rings. The molecule has 29 heavy (non-hydrogen) atoms. The number of ether oxygens (including phenoxy) is 1. The normalized spacial score (nSPS) is 12.8. The molecular weight excluding hydrogens is 376 g/mol. The van der Waals surface area contributed by atoms with Gasteiger partial charge in [-0.25, -0.2) is 14.6 Å². The summed E-state index contributed by atoms with van der Waals surface area (Å²) in [4.78, 5) is 43.1. The van der Waals surface area contributed by atoms with E-state index in [1.807, 2.05) is 44.2 Å². The first kappa shape index (κ1) is 21.9. The van der Waals surface area contributed by atoms with Crippen LogP contribution in [-0.2, 0) is 27.4 Å². The lowest BCUT2D eigenvalue weighted by atomic mass is 10.0. The summed E-state index contributed by atoms with van der Waals surface area (Å²) in [5, 5.41) is 14.4. The van der Waals surface area contributed by atoms with E-state index in [0.717, 1.165) is 5.56 Å². The fourth-order valence-corrected chi connectivity index (χ4v) is 2.70. The number of nitrogens with one attached hydrogen (secondary N) is 3. The van der Waals surface area contributed by atoms with Gasteiger partial charge in [0.15, 0.2) is 0 Å². The number of hydrogen-bond acceptors (Lipinski definition) is 5. The van der Waals surface area contributed by atoms with Crippen molar-refractivity contribution in [2.45, 2.75) is 45.4 Å². The Hall–Kier alpha value is -3.36. The third-order valence-electron chi connectivity index (χ3n) is 4.12. The third-order valence-corrected chi connectivity index (χ3v) is 4.12. The van der Waals surface area contributed by atoms with Crippen LogP contribution in [0.2, 0.25) is 0 Å². The Bertz CT molecular complexity index is 792. The average molecular weight is 402 g/mol. The molecule has 1 aromatic heterocycles. The number of hydrogen-bond donors (Lipinski definition) is 4. The van der Waals surface area contributed by atoms with Gasteiger partial charge in [-0.2, -0.15) is 0 Å². The maximum Gasteiger partial charge on any atom is 0.408 e. The van der Waals surface area contributed by atoms with Gasteiger partial charge in [-0.05, 0) is 17.9 Å². The summed E-state index contributed by atoms with van der Waals surface area (Å²) in [7, 11) is 0. The fraction of sp³-hybridized carbons (Fsp3) is 0.400. The van der Waals surface area contributed by atoms with Crippen LogP contribution >= 0.6 is 0 Å². The van der Waals surface area contributed by atoms with Gasteiger partial charge >= 0.3 is 12.1 Å². The van der Waals surface area contributed by atoms with Crippen LogP contribution in [0.5, 0.6) is 0 Å². The first-order valence-electron chi connectivity index (χ1n) is 9.32. The minimum atomic E-state index is -1.13. The summed E-state index contributed by atoms with van der Waals surface area (Å²) in [5.74, 6) is -1.66. The van der Waals surface area contributed by atoms with Gasteiger partial charge in [0.05, 0.1) is 6.33 Å². The smallest absolute Gasteiger partial charge is 0.408 e. The van der Waals surface area contributed by atoms with E-state index in [9.17, 15) is 19.5 Å². The van der Waals surface area contributed by atoms with E-state index in [4.69, 9.17) is 4.74 Å². The number of benzene rings is 1. The van der Waals surface area contributed by atoms with E-state index in [0.29, 0.717) is 5.69 Å². The molecule has 0 saturated carbocycles. The second kappa shape index (κ2) is 10.8. The predicted octanol–water partition coefficient (Wildman–Crippen LogP) is 1.86. The van der Waals surface area contributed by atoms with Gasteiger partial charge < -0.3 is 25.5 Å². The molecule has 0 bridgehead atoms. The number of aromatic nitrogens is 2. The summed E-state index contributed by atoms with van der Waals surface area (Å²) >= 11 is 0. The van der Waals surface area contributed by atoms with E-state index < -0.39 is 30.1 Å². The van der Waals surface area contributed by atoms with E-state index >= 15 is 0 Å². The van der Waals surface area contributed by atoms with Crippen LogP contribution in [0, 0.1) is 5.92 Å². The molecule has 0 aliphatic heterocycles. The Morgan fingerprint density at radius 1 is 1.14 bits per heavy atom. The molecule has 0 aliphatic carbocycles. The second-order valence-electron chi connectivity index (χ2n) is 7.07. The minimum absolute atomic E-state index is 0.0518. The molecule has 2 amide bonds. The largest absolute Gasteiger partial charge is 0.480 e. The second-order valence-corrected chi connectivity index (χ2v) is 7.07. The first-order chi connectivity index (χ1) is 13.8. The molecule has 2 aromatic rings. The maximum absolute atomic E-state index is 12.7. The number of rotatable bonds is 10. The van der Waals surface area contributed by atoms with E-state index in [-0.39, 0.29) is 25.4 Å². The van der Waals surface area contributed by atoms with Crippen LogP contribution in [0.1, 0.15) is 31.5 Å². The number of H-pyrrole nitrogens is 1. The van der Waals surface area contributed by atoms with Crippen molar-refractivity contribution in [3.63, 3.8) is 0 Å². The highest BCUT2D eigenvalue weighted by atomic mass is 16.5. The molecule has 0 saturated heterocycles. The molecule has 1 aromatic carbocycles. The molecule has 156 valence electrons. The molecule has 4 N–H and O–H groups in total. The number of carbonyl (C=O) groups excluding carboxylic acids is 2. The van der Waals surface area contributed by atoms with Crippen molar-refractivity contribution in [1.82, 2.24) is 20.6 Å². The number of carbonyl (C=O) groups is 3. The minimum Gasteiger partial charge on any atom is -0.480 e. The van der Waals surface area contributed by atoms with Crippen LogP contribution in [0.3, 0.4) is 0 Å². The van der Waals surface area contributed by atoms with Crippen molar-refractivity contribution in [2.24, 2.45) is 5.92 Å². The summed E-state index contributed by atoms with van der Waals surface area (Å²) in [5.41, 5.74) is 1.42. The Morgan fingerprint density at radius 3 is 2.45 bits per heavy atom. The zero-order valence-electron chi connectivity index (χ0n) is 16.4. The summed E-state index contributed by atoms with van der Waals surface area (Å²) in [6.07, 6.45) is 2.59. The molecule has 2 atom stereocenters. The van der Waals surface area contributed by atoms with Crippen molar-refractivity contribution >= 4 is 18.0 Å². The van der Waals surface area contributed by atoms with E-state index in [1.165, 1.54) is 12.5 Å². The van der Waals surface area contributed by atoms with Crippen molar-refractivity contribution in [1.29, 1.82) is 0 Å². The van der Waals surface area contributed by atoms with Crippen LogP contribution in [-0.4, -0.2) is 45.1 Å². The standard InChI is InChI=1S/C20H26N4O5/c1-13(2)8-17(19(26)27)23-18(25)16(9-15-10-21-12-22-15)24-20(28)29-11-14-6-4-3-5-7-14/h3-7,10,12-13,16-17H,8-9,11H2,1-2H3,(H,21,22)(H,23,25)(H,24,28)(H,26,27). The van der Waals surface area contributed by atoms with Crippen LogP contribution in [0.4, 0.5) is 4.79 Å². The molecule has 0 fully saturated rings. The molecule has 0 radical (unpaired) electrons. The lowest BCUT2D eigenvalue weighted by molar-refractivity contribution is -0.142. The molecule has 2 rings (SSSR count). The third kappa shape index (κ3) is 7.65. The Balaban J connectivity index is 2.02. The van der Waals surface area contributed by atoms with Crippen molar-refractivity contribution in [3.8, 4) is 0 Å². The number of alkyl carbamates (subject to hydrolysis) is 1. The van der Waals surface area contributed by atoms with Gasteiger partial charge in [0, 0.05) is 18.3 Å². The maximum atomic E-state index is 12.7. The number of imidazole rings is 1. The summed E-state index contributed by atoms with van der Waals surface area (Å²) < 4.78 is 5.17. The quantitative estimate of drug-likeness (QED) is 0.479. The number of carboxylic acids is 1. The van der Waals surface area contributed by atoms with Crippen molar-refractivity contribution in [3.05, 3.63) is 54.1 Å². The molecule has 2 unspecified atom stereocenters. The summed E-state index contributed by atoms with van der Waals surface area (Å²) in [6.45, 7) is 3.78. The molecular formula is C20H26N4O5. The topological polar surface area (TPSA) is 133 Å². The molecule has 9 heteroatoms. The zero-order valence-corrected chi connectivity index (χ0v) is 16.4. The number of amides is 2. The van der Waals surface area contributed by atoms with Crippen molar-refractivity contribution in [2.75, 3.05) is 0 Å². The van der Waals surface area contributed by atoms with Crippen molar-refractivity contribution < 1.29 is 24.2 Å². The van der Waals surface area contributed by atoms with Gasteiger partial charge in [0.1, 0.15) is 18.7 Å². The highest BCUT2D eigenvalue weighted by Gasteiger charge is 2.28. The lowest BCUT2D eigenvalue weighted by Crippen LogP contribution is -2.52. The Morgan fingerprint density at radius 2 is 1.86 bits per heavy atom. The zero-order chi connectivity index (χ0) is 21.2. The number of aliphatic carboxylic acids is 1. The van der Waals surface area contributed by atoms with E-state index in [2.05, 4.69) is 20.6 Å². The molecule has 9 nitrogen and oxygen atoms in total. The van der Waals surface area contributed by atoms with Gasteiger partial charge in [0.2, 0.25) is 5.91 Å². The van der Waals surface area contributed by atoms with Gasteiger partial charge in [0.25, 0.3) is 0 Å².